The molecule has 12 nitrogen and oxygen atoms in total. The number of aromatic amines is 1. The summed E-state index contributed by atoms with van der Waals surface area (Å²) in [5.74, 6) is -2.94. The van der Waals surface area contributed by atoms with Crippen LogP contribution in [0.5, 0.6) is 5.75 Å². The molecule has 3 N–H and O–H groups in total. The first-order valence-electron chi connectivity index (χ1n) is 12.4. The number of aliphatic hydroxyl groups is 2. The van der Waals surface area contributed by atoms with Crippen molar-refractivity contribution in [2.75, 3.05) is 12.8 Å². The number of hydrogen-bond acceptors (Lipinski definition) is 10. The Balaban J connectivity index is 1.98. The lowest BCUT2D eigenvalue weighted by Crippen LogP contribution is -2.54. The Morgan fingerprint density at radius 3 is 2.45 bits per heavy atom. The fourth-order valence-electron chi connectivity index (χ4n) is 4.27. The van der Waals surface area contributed by atoms with E-state index >= 15 is 0 Å². The molecule has 1 saturated heterocycles. The van der Waals surface area contributed by atoms with Crippen molar-refractivity contribution < 1.29 is 46.9 Å². The van der Waals surface area contributed by atoms with Gasteiger partial charge < -0.3 is 24.2 Å². The van der Waals surface area contributed by atoms with E-state index in [1.807, 2.05) is 0 Å². The van der Waals surface area contributed by atoms with E-state index in [-0.39, 0.29) is 5.75 Å². The Hall–Kier alpha value is -2.90. The summed E-state index contributed by atoms with van der Waals surface area (Å²) in [6.45, 7) is 5.69. The van der Waals surface area contributed by atoms with Gasteiger partial charge in [-0.05, 0) is 39.8 Å². The summed E-state index contributed by atoms with van der Waals surface area (Å²) in [4.78, 5) is 38.0. The summed E-state index contributed by atoms with van der Waals surface area (Å²) in [6, 6.07) is 7.90. The van der Waals surface area contributed by atoms with Crippen LogP contribution in [-0.4, -0.2) is 68.1 Å². The zero-order chi connectivity index (χ0) is 30.0. The summed E-state index contributed by atoms with van der Waals surface area (Å²) in [5, 5.41) is 22.0. The maximum atomic E-state index is 14.2. The number of benzene rings is 1. The highest BCUT2D eigenvalue weighted by Gasteiger charge is 2.62. The lowest BCUT2D eigenvalue weighted by molar-refractivity contribution is -0.151. The van der Waals surface area contributed by atoms with E-state index in [0.717, 1.165) is 0 Å². The zero-order valence-corrected chi connectivity index (χ0v) is 23.5. The van der Waals surface area contributed by atoms with Gasteiger partial charge in [0, 0.05) is 0 Å². The Kier molecular flexibility index (Phi) is 9.42. The summed E-state index contributed by atoms with van der Waals surface area (Å²) in [7, 11) is -4.30. The number of aliphatic hydroxyl groups excluding tert-OH is 1. The Morgan fingerprint density at radius 2 is 1.88 bits per heavy atom. The van der Waals surface area contributed by atoms with Crippen molar-refractivity contribution in [2.24, 2.45) is 5.92 Å². The van der Waals surface area contributed by atoms with Crippen molar-refractivity contribution >= 4 is 13.6 Å². The minimum atomic E-state index is -4.30. The number of halogens is 2. The fourth-order valence-corrected chi connectivity index (χ4v) is 6.54. The van der Waals surface area contributed by atoms with E-state index in [1.54, 1.807) is 37.0 Å². The summed E-state index contributed by atoms with van der Waals surface area (Å²) in [6.07, 6.45) is -6.31. The molecule has 1 aliphatic heterocycles. The van der Waals surface area contributed by atoms with Crippen molar-refractivity contribution in [3.63, 3.8) is 0 Å². The molecule has 222 valence electrons. The number of nitrogens with zero attached hydrogens (tertiary/aromatic N) is 1. The number of carbonyl (C=O) groups is 1. The molecule has 40 heavy (non-hydrogen) atoms. The van der Waals surface area contributed by atoms with Crippen LogP contribution in [-0.2, 0) is 23.4 Å². The molecule has 1 fully saturated rings. The summed E-state index contributed by atoms with van der Waals surface area (Å²) in [5.41, 5.74) is -7.25. The lowest BCUT2D eigenvalue weighted by atomic mass is 9.88. The van der Waals surface area contributed by atoms with Crippen molar-refractivity contribution in [1.82, 2.24) is 9.55 Å². The van der Waals surface area contributed by atoms with E-state index < -0.39 is 85.1 Å². The average Bonchev–Trinajstić information content (AvgIpc) is 3.12. The third kappa shape index (κ3) is 6.69. The van der Waals surface area contributed by atoms with Gasteiger partial charge in [-0.1, -0.05) is 25.1 Å². The molecule has 1 aromatic heterocycles. The van der Waals surface area contributed by atoms with Crippen molar-refractivity contribution in [3.8, 4) is 5.75 Å². The van der Waals surface area contributed by atoms with Gasteiger partial charge in [0.25, 0.3) is 5.56 Å². The molecule has 0 aliphatic carbocycles. The van der Waals surface area contributed by atoms with Gasteiger partial charge in [0.05, 0.1) is 24.4 Å². The van der Waals surface area contributed by atoms with Gasteiger partial charge in [0.15, 0.2) is 11.8 Å². The van der Waals surface area contributed by atoms with Crippen molar-refractivity contribution in [1.29, 1.82) is 0 Å². The number of H-pyrrole nitrogens is 1. The Morgan fingerprint density at radius 1 is 1.25 bits per heavy atom. The molecule has 3 rings (SSSR count). The molecule has 15 heteroatoms. The number of carbonyl (C=O) groups excluding carboxylic acids is 1. The molecule has 0 amide bonds. The summed E-state index contributed by atoms with van der Waals surface area (Å²) >= 11 is 0. The monoisotopic (exact) mass is 590 g/mol. The predicted octanol–water partition coefficient (Wildman–Crippen LogP) is 2.29. The topological polar surface area (TPSA) is 166 Å². The first kappa shape index (κ1) is 31.6. The number of alkyl halides is 1. The first-order valence-corrected chi connectivity index (χ1v) is 14.1. The number of ether oxygens (including phenoxy) is 2. The third-order valence-corrected chi connectivity index (χ3v) is 8.42. The first-order chi connectivity index (χ1) is 18.5. The SMILES string of the molecule is CC(C)OC(=O)[C@H](C)C[P@@](=O)(Oc1ccccc1)OC(C)(C)[C@H]1O[C@@H](n2cc(F)c(=O)[nH]c2=O)C(O)(CF)[C@H]1O. The minimum Gasteiger partial charge on any atom is -0.463 e. The van der Waals surface area contributed by atoms with E-state index in [0.29, 0.717) is 10.8 Å². The van der Waals surface area contributed by atoms with Gasteiger partial charge in [0.1, 0.15) is 30.2 Å². The lowest BCUT2D eigenvalue weighted by Gasteiger charge is -2.36. The Labute approximate surface area is 228 Å². The smallest absolute Gasteiger partial charge is 0.380 e. The molecular weight excluding hydrogens is 557 g/mol. The van der Waals surface area contributed by atoms with Crippen LogP contribution in [0.3, 0.4) is 0 Å². The predicted molar refractivity (Wildman–Crippen MR) is 137 cm³/mol. The maximum Gasteiger partial charge on any atom is 0.380 e. The molecule has 0 radical (unpaired) electrons. The molecule has 1 aromatic carbocycles. The minimum absolute atomic E-state index is 0.132. The maximum absolute atomic E-state index is 14.2. The van der Waals surface area contributed by atoms with E-state index in [1.165, 1.54) is 32.9 Å². The van der Waals surface area contributed by atoms with Crippen LogP contribution in [0.2, 0.25) is 0 Å². The van der Waals surface area contributed by atoms with Gasteiger partial charge >= 0.3 is 19.3 Å². The van der Waals surface area contributed by atoms with Crippen molar-refractivity contribution in [2.45, 2.75) is 70.4 Å². The van der Waals surface area contributed by atoms with E-state index in [2.05, 4.69) is 0 Å². The number of esters is 1. The van der Waals surface area contributed by atoms with Crippen LogP contribution in [0.25, 0.3) is 0 Å². The second kappa shape index (κ2) is 11.9. The number of hydrogen-bond donors (Lipinski definition) is 3. The van der Waals surface area contributed by atoms with Crippen LogP contribution in [0.4, 0.5) is 8.78 Å². The van der Waals surface area contributed by atoms with Gasteiger partial charge in [-0.25, -0.2) is 13.8 Å². The average molecular weight is 591 g/mol. The van der Waals surface area contributed by atoms with Gasteiger partial charge in [-0.3, -0.25) is 23.7 Å². The van der Waals surface area contributed by atoms with Crippen LogP contribution in [0, 0.1) is 11.7 Å². The summed E-state index contributed by atoms with van der Waals surface area (Å²) < 4.78 is 65.1. The molecule has 0 bridgehead atoms. The fraction of sp³-hybridized carbons (Fsp3) is 0.560. The van der Waals surface area contributed by atoms with E-state index in [4.69, 9.17) is 18.5 Å². The molecular formula is C25H33F2N2O10P. The van der Waals surface area contributed by atoms with Crippen LogP contribution < -0.4 is 15.8 Å². The highest BCUT2D eigenvalue weighted by molar-refractivity contribution is 7.54. The van der Waals surface area contributed by atoms with Gasteiger partial charge in [-0.2, -0.15) is 4.39 Å². The number of para-hydroxylation sites is 1. The van der Waals surface area contributed by atoms with Crippen LogP contribution >= 0.6 is 7.60 Å². The molecule has 0 spiro atoms. The largest absolute Gasteiger partial charge is 0.463 e. The van der Waals surface area contributed by atoms with Gasteiger partial charge in [0.2, 0.25) is 5.82 Å². The molecule has 0 saturated carbocycles. The third-order valence-electron chi connectivity index (χ3n) is 6.19. The second-order valence-corrected chi connectivity index (χ2v) is 12.4. The Bertz CT molecular complexity index is 1370. The second-order valence-electron chi connectivity index (χ2n) is 10.4. The van der Waals surface area contributed by atoms with E-state index in [9.17, 15) is 37.9 Å². The molecule has 2 heterocycles. The van der Waals surface area contributed by atoms with Crippen LogP contribution in [0.15, 0.2) is 46.1 Å². The normalized spacial score (nSPS) is 25.4. The highest BCUT2D eigenvalue weighted by Crippen LogP contribution is 2.55. The van der Waals surface area contributed by atoms with Gasteiger partial charge in [-0.15, -0.1) is 0 Å². The number of rotatable bonds is 11. The molecule has 1 unspecified atom stereocenters. The van der Waals surface area contributed by atoms with Crippen LogP contribution in [0.1, 0.15) is 40.8 Å². The van der Waals surface area contributed by atoms with Crippen molar-refractivity contribution in [3.05, 3.63) is 63.2 Å². The molecule has 6 atom stereocenters. The number of aromatic nitrogens is 2. The number of nitrogens with one attached hydrogen (secondary N) is 1. The highest BCUT2D eigenvalue weighted by atomic mass is 31.2. The molecule has 2 aromatic rings. The zero-order valence-electron chi connectivity index (χ0n) is 22.6. The quantitative estimate of drug-likeness (QED) is 0.261. The standard InChI is InChI=1S/C25H33F2N2O10P/c1-14(2)36-21(32)15(3)12-40(35,38-16-9-7-6-8-10-16)39-24(4,5)19-18(30)25(34,13-26)22(37-19)29-11-17(27)20(31)28-23(29)33/h6-11,14-15,18-19,22,30,34H,12-13H2,1-5H3,(H,28,31,33)/t15-,18+,19+,22-,25?,40-/m1/s1. The molecule has 1 aliphatic rings.